The molecule has 0 aliphatic rings. The maximum Gasteiger partial charge on any atom is 0.307 e. The van der Waals surface area contributed by atoms with E-state index in [-0.39, 0.29) is 33.3 Å². The Labute approximate surface area is 142 Å². The lowest BCUT2D eigenvalue weighted by Gasteiger charge is -2.13. The number of anilines is 1. The van der Waals surface area contributed by atoms with Gasteiger partial charge in [0.15, 0.2) is 5.82 Å². The van der Waals surface area contributed by atoms with Gasteiger partial charge >= 0.3 is 5.97 Å². The number of carboxylic acids is 1. The number of sulfonamides is 1. The molecule has 0 aliphatic heterocycles. The summed E-state index contributed by atoms with van der Waals surface area (Å²) in [7, 11) is -2.95. The second kappa shape index (κ2) is 7.06. The van der Waals surface area contributed by atoms with Crippen LogP contribution in [0.25, 0.3) is 0 Å². The van der Waals surface area contributed by atoms with Gasteiger partial charge in [0.05, 0.1) is 24.2 Å². The van der Waals surface area contributed by atoms with Crippen molar-refractivity contribution >= 4 is 33.3 Å². The Morgan fingerprint density at radius 2 is 2.04 bits per heavy atom. The van der Waals surface area contributed by atoms with E-state index in [1.807, 2.05) is 0 Å². The fraction of sp³-hybridized carbons (Fsp3) is 0.133. The molecular formula is C15H13ClFNO5S. The van der Waals surface area contributed by atoms with Crippen LogP contribution in [0.3, 0.4) is 0 Å². The van der Waals surface area contributed by atoms with E-state index >= 15 is 0 Å². The number of hydrogen-bond donors (Lipinski definition) is 2. The van der Waals surface area contributed by atoms with Crippen LogP contribution in [0.4, 0.5) is 10.1 Å². The average molecular weight is 374 g/mol. The number of halogens is 2. The molecule has 2 rings (SSSR count). The Balaban J connectivity index is 2.47. The molecule has 0 radical (unpaired) electrons. The Morgan fingerprint density at radius 3 is 2.67 bits per heavy atom. The first-order chi connectivity index (χ1) is 11.2. The normalized spacial score (nSPS) is 11.1. The van der Waals surface area contributed by atoms with Crippen LogP contribution < -0.4 is 9.46 Å². The first-order valence-electron chi connectivity index (χ1n) is 6.60. The lowest BCUT2D eigenvalue weighted by atomic mass is 10.1. The van der Waals surface area contributed by atoms with Crippen molar-refractivity contribution in [3.05, 3.63) is 52.8 Å². The van der Waals surface area contributed by atoms with Crippen molar-refractivity contribution in [1.29, 1.82) is 0 Å². The third-order valence-corrected chi connectivity index (χ3v) is 4.75. The van der Waals surface area contributed by atoms with Gasteiger partial charge in [-0.05, 0) is 29.8 Å². The zero-order valence-corrected chi connectivity index (χ0v) is 14.0. The van der Waals surface area contributed by atoms with Crippen molar-refractivity contribution < 1.29 is 27.4 Å². The summed E-state index contributed by atoms with van der Waals surface area (Å²) >= 11 is 5.63. The molecule has 0 spiro atoms. The highest BCUT2D eigenvalue weighted by atomic mass is 35.5. The highest BCUT2D eigenvalue weighted by Gasteiger charge is 2.22. The highest BCUT2D eigenvalue weighted by molar-refractivity contribution is 7.92. The van der Waals surface area contributed by atoms with Crippen LogP contribution in [-0.4, -0.2) is 26.6 Å². The van der Waals surface area contributed by atoms with E-state index in [1.165, 1.54) is 37.4 Å². The van der Waals surface area contributed by atoms with Crippen molar-refractivity contribution in [2.24, 2.45) is 0 Å². The molecular weight excluding hydrogens is 361 g/mol. The summed E-state index contributed by atoms with van der Waals surface area (Å²) in [6.45, 7) is 0. The first-order valence-corrected chi connectivity index (χ1v) is 8.46. The molecule has 2 aromatic carbocycles. The second-order valence-electron chi connectivity index (χ2n) is 4.76. The summed E-state index contributed by atoms with van der Waals surface area (Å²) in [5.74, 6) is -2.03. The maximum absolute atomic E-state index is 13.9. The molecule has 0 aliphatic carbocycles. The quantitative estimate of drug-likeness (QED) is 0.812. The van der Waals surface area contributed by atoms with Crippen LogP contribution in [-0.2, 0) is 21.2 Å². The molecule has 128 valence electrons. The van der Waals surface area contributed by atoms with Crippen LogP contribution in [0.2, 0.25) is 5.02 Å². The average Bonchev–Trinajstić information content (AvgIpc) is 2.51. The van der Waals surface area contributed by atoms with Gasteiger partial charge in [0.1, 0.15) is 10.6 Å². The Kier molecular flexibility index (Phi) is 5.30. The smallest absolute Gasteiger partial charge is 0.307 e. The summed E-state index contributed by atoms with van der Waals surface area (Å²) in [5.41, 5.74) is -0.0663. The van der Waals surface area contributed by atoms with Crippen LogP contribution >= 0.6 is 11.6 Å². The van der Waals surface area contributed by atoms with Crippen molar-refractivity contribution in [3.8, 4) is 5.75 Å². The number of methoxy groups -OCH3 is 1. The van der Waals surface area contributed by atoms with Gasteiger partial charge < -0.3 is 9.84 Å². The van der Waals surface area contributed by atoms with Gasteiger partial charge in [-0.2, -0.15) is 0 Å². The van der Waals surface area contributed by atoms with Crippen molar-refractivity contribution in [2.75, 3.05) is 11.8 Å². The first kappa shape index (κ1) is 18.0. The largest absolute Gasteiger partial charge is 0.495 e. The number of rotatable bonds is 6. The van der Waals surface area contributed by atoms with E-state index in [2.05, 4.69) is 4.72 Å². The molecule has 0 amide bonds. The number of carboxylic acid groups (broad SMARTS) is 1. The number of benzene rings is 2. The predicted molar refractivity (Wildman–Crippen MR) is 86.6 cm³/mol. The van der Waals surface area contributed by atoms with Crippen LogP contribution in [0.1, 0.15) is 5.56 Å². The molecule has 0 atom stereocenters. The van der Waals surface area contributed by atoms with Gasteiger partial charge in [-0.15, -0.1) is 0 Å². The summed E-state index contributed by atoms with van der Waals surface area (Å²) in [6.07, 6.45) is -0.363. The molecule has 6 nitrogen and oxygen atoms in total. The number of ether oxygens (including phenoxy) is 1. The highest BCUT2D eigenvalue weighted by Crippen LogP contribution is 2.29. The van der Waals surface area contributed by atoms with E-state index in [4.69, 9.17) is 21.4 Å². The van der Waals surface area contributed by atoms with E-state index in [0.717, 1.165) is 6.07 Å². The molecule has 2 N–H and O–H groups in total. The number of hydrogen-bond acceptors (Lipinski definition) is 4. The van der Waals surface area contributed by atoms with Crippen molar-refractivity contribution in [1.82, 2.24) is 0 Å². The second-order valence-corrected chi connectivity index (χ2v) is 6.82. The van der Waals surface area contributed by atoms with Crippen LogP contribution in [0.5, 0.6) is 5.75 Å². The molecule has 9 heteroatoms. The summed E-state index contributed by atoms with van der Waals surface area (Å²) in [4.78, 5) is 10.5. The van der Waals surface area contributed by atoms with E-state index < -0.39 is 21.8 Å². The third kappa shape index (κ3) is 3.95. The van der Waals surface area contributed by atoms with Gasteiger partial charge in [-0.25, -0.2) is 12.8 Å². The Bertz CT molecular complexity index is 885. The molecule has 0 saturated heterocycles. The topological polar surface area (TPSA) is 92.7 Å². The van der Waals surface area contributed by atoms with E-state index in [9.17, 15) is 17.6 Å². The molecule has 0 unspecified atom stereocenters. The van der Waals surface area contributed by atoms with E-state index in [1.54, 1.807) is 0 Å². The van der Waals surface area contributed by atoms with Gasteiger partial charge in [0, 0.05) is 0 Å². The summed E-state index contributed by atoms with van der Waals surface area (Å²) < 4.78 is 46.1. The van der Waals surface area contributed by atoms with Gasteiger partial charge in [-0.3, -0.25) is 9.52 Å². The van der Waals surface area contributed by atoms with Gasteiger partial charge in [-0.1, -0.05) is 23.7 Å². The van der Waals surface area contributed by atoms with Crippen LogP contribution in [0, 0.1) is 5.82 Å². The Morgan fingerprint density at radius 1 is 1.33 bits per heavy atom. The predicted octanol–water partition coefficient (Wildman–Crippen LogP) is 2.92. The monoisotopic (exact) mass is 373 g/mol. The Hall–Kier alpha value is -2.32. The standard InChI is InChI=1S/C15H13ClFNO5S/c1-23-12-6-5-9(8-14(19)20)7-13(12)24(21,22)18-11-4-2-3-10(16)15(11)17/h2-7,18H,8H2,1H3,(H,19,20). The molecule has 2 aromatic rings. The van der Waals surface area contributed by atoms with Crippen molar-refractivity contribution in [3.63, 3.8) is 0 Å². The molecule has 0 saturated carbocycles. The molecule has 0 heterocycles. The third-order valence-electron chi connectivity index (χ3n) is 3.07. The zero-order chi connectivity index (χ0) is 17.9. The zero-order valence-electron chi connectivity index (χ0n) is 12.4. The molecule has 0 aromatic heterocycles. The van der Waals surface area contributed by atoms with Crippen LogP contribution in [0.15, 0.2) is 41.3 Å². The van der Waals surface area contributed by atoms with Gasteiger partial charge in [0.2, 0.25) is 0 Å². The molecule has 0 bridgehead atoms. The molecule has 24 heavy (non-hydrogen) atoms. The SMILES string of the molecule is COc1ccc(CC(=O)O)cc1S(=O)(=O)Nc1cccc(Cl)c1F. The van der Waals surface area contributed by atoms with Crippen molar-refractivity contribution in [2.45, 2.75) is 11.3 Å². The fourth-order valence-corrected chi connectivity index (χ4v) is 3.45. The lowest BCUT2D eigenvalue weighted by molar-refractivity contribution is -0.136. The number of nitrogens with one attached hydrogen (secondary N) is 1. The molecule has 0 fully saturated rings. The summed E-state index contributed by atoms with van der Waals surface area (Å²) in [6, 6.07) is 7.82. The number of aliphatic carboxylic acids is 1. The maximum atomic E-state index is 13.9. The van der Waals surface area contributed by atoms with Gasteiger partial charge in [0.25, 0.3) is 10.0 Å². The lowest BCUT2D eigenvalue weighted by Crippen LogP contribution is -2.16. The fourth-order valence-electron chi connectivity index (χ4n) is 2.00. The number of carbonyl (C=O) groups is 1. The summed E-state index contributed by atoms with van der Waals surface area (Å²) in [5, 5.41) is 8.59. The van der Waals surface area contributed by atoms with E-state index in [0.29, 0.717) is 0 Å². The minimum absolute atomic E-state index is 0.000856. The minimum atomic E-state index is -4.22. The minimum Gasteiger partial charge on any atom is -0.495 e.